The van der Waals surface area contributed by atoms with Gasteiger partial charge in [0.1, 0.15) is 6.61 Å². The number of benzene rings is 4. The number of likely N-dealkylation sites (N-methyl/N-ethyl adjacent to an activating group) is 2. The Balaban J connectivity index is 1.59. The Hall–Kier alpha value is -5.98. The number of carbonyl (C=O) groups excluding carboxylic acids is 5. The Kier molecular flexibility index (Phi) is 12.9. The molecule has 13 heteroatoms. The number of rotatable bonds is 14. The Morgan fingerprint density at radius 1 is 0.673 bits per heavy atom. The van der Waals surface area contributed by atoms with Gasteiger partial charge >= 0.3 is 18.1 Å². The highest BCUT2D eigenvalue weighted by Gasteiger charge is 2.48. The van der Waals surface area contributed by atoms with Gasteiger partial charge < -0.3 is 25.4 Å². The average Bonchev–Trinajstić information content (AvgIpc) is 3.13. The van der Waals surface area contributed by atoms with Crippen molar-refractivity contribution in [2.24, 2.45) is 0 Å². The van der Waals surface area contributed by atoms with Gasteiger partial charge in [-0.05, 0) is 73.4 Å². The Morgan fingerprint density at radius 2 is 1.29 bits per heavy atom. The van der Waals surface area contributed by atoms with E-state index in [4.69, 9.17) is 9.47 Å². The molecule has 0 aromatic heterocycles. The molecular formula is C39H38F3N3O7. The first-order valence-electron chi connectivity index (χ1n) is 16.5. The van der Waals surface area contributed by atoms with E-state index < -0.39 is 53.4 Å². The second kappa shape index (κ2) is 17.3. The second-order valence-corrected chi connectivity index (χ2v) is 11.5. The van der Waals surface area contributed by atoms with Crippen LogP contribution in [0.15, 0.2) is 97.1 Å². The van der Waals surface area contributed by atoms with Crippen molar-refractivity contribution >= 4 is 35.3 Å². The summed E-state index contributed by atoms with van der Waals surface area (Å²) in [7, 11) is 0. The third kappa shape index (κ3) is 9.02. The maximum atomic E-state index is 13.5. The van der Waals surface area contributed by atoms with Crippen LogP contribution in [0.25, 0.3) is 11.1 Å². The van der Waals surface area contributed by atoms with E-state index in [1.807, 2.05) is 0 Å². The first-order chi connectivity index (χ1) is 24.8. The van der Waals surface area contributed by atoms with Crippen LogP contribution in [0, 0.1) is 0 Å². The van der Waals surface area contributed by atoms with Crippen molar-refractivity contribution in [3.63, 3.8) is 0 Å². The number of esters is 2. The smallest absolute Gasteiger partial charge is 0.416 e. The molecule has 0 aliphatic heterocycles. The third-order valence-corrected chi connectivity index (χ3v) is 8.04. The number of hydrogen-bond acceptors (Lipinski definition) is 7. The molecule has 0 aliphatic rings. The second-order valence-electron chi connectivity index (χ2n) is 11.5. The Bertz CT molecular complexity index is 1890. The predicted octanol–water partition coefficient (Wildman–Crippen LogP) is 6.10. The van der Waals surface area contributed by atoms with Gasteiger partial charge in [-0.15, -0.1) is 0 Å². The number of anilines is 1. The van der Waals surface area contributed by atoms with Gasteiger partial charge in [-0.1, -0.05) is 66.7 Å². The summed E-state index contributed by atoms with van der Waals surface area (Å²) in [6, 6.07) is 23.2. The maximum absolute atomic E-state index is 13.5. The highest BCUT2D eigenvalue weighted by Crippen LogP contribution is 2.32. The largest absolute Gasteiger partial charge is 0.463 e. The van der Waals surface area contributed by atoms with Gasteiger partial charge in [-0.25, -0.2) is 4.79 Å². The van der Waals surface area contributed by atoms with Crippen LogP contribution in [0.5, 0.6) is 0 Å². The van der Waals surface area contributed by atoms with Crippen molar-refractivity contribution in [1.29, 1.82) is 0 Å². The fourth-order valence-electron chi connectivity index (χ4n) is 5.48. The number of ether oxygens (including phenoxy) is 2. The van der Waals surface area contributed by atoms with Crippen LogP contribution in [-0.4, -0.2) is 56.0 Å². The summed E-state index contributed by atoms with van der Waals surface area (Å²) in [6.07, 6.45) is -4.89. The molecule has 0 bridgehead atoms. The van der Waals surface area contributed by atoms with E-state index in [-0.39, 0.29) is 42.9 Å². The van der Waals surface area contributed by atoms with Crippen LogP contribution < -0.4 is 16.0 Å². The molecule has 0 saturated heterocycles. The molecule has 10 nitrogen and oxygen atoms in total. The summed E-state index contributed by atoms with van der Waals surface area (Å²) in [4.78, 5) is 66.7. The summed E-state index contributed by atoms with van der Waals surface area (Å²) in [5.74, 6) is -3.54. The monoisotopic (exact) mass is 717 g/mol. The van der Waals surface area contributed by atoms with Crippen molar-refractivity contribution in [1.82, 2.24) is 10.6 Å². The minimum absolute atomic E-state index is 0.0104. The van der Waals surface area contributed by atoms with Crippen LogP contribution in [-0.2, 0) is 41.9 Å². The van der Waals surface area contributed by atoms with Crippen LogP contribution in [0.1, 0.15) is 58.2 Å². The van der Waals surface area contributed by atoms with Crippen molar-refractivity contribution in [3.05, 3.63) is 125 Å². The minimum atomic E-state index is -4.52. The minimum Gasteiger partial charge on any atom is -0.463 e. The first-order valence-corrected chi connectivity index (χ1v) is 16.5. The summed E-state index contributed by atoms with van der Waals surface area (Å²) < 4.78 is 50.2. The van der Waals surface area contributed by atoms with E-state index >= 15 is 0 Å². The highest BCUT2D eigenvalue weighted by atomic mass is 19.4. The van der Waals surface area contributed by atoms with Crippen LogP contribution >= 0.6 is 0 Å². The topological polar surface area (TPSA) is 140 Å². The summed E-state index contributed by atoms with van der Waals surface area (Å²) in [5, 5.41) is 8.01. The quantitative estimate of drug-likeness (QED) is 0.106. The van der Waals surface area contributed by atoms with Gasteiger partial charge in [0.2, 0.25) is 11.8 Å². The van der Waals surface area contributed by atoms with Crippen molar-refractivity contribution in [2.75, 3.05) is 31.6 Å². The first kappa shape index (κ1) is 38.8. The number of hydrogen-bond donors (Lipinski definition) is 3. The van der Waals surface area contributed by atoms with Gasteiger partial charge in [-0.3, -0.25) is 19.2 Å². The molecule has 0 saturated carbocycles. The van der Waals surface area contributed by atoms with Crippen molar-refractivity contribution in [2.45, 2.75) is 38.8 Å². The summed E-state index contributed by atoms with van der Waals surface area (Å²) in [5.41, 5.74) is -1.25. The number of amides is 3. The molecule has 4 aromatic rings. The number of carbonyl (C=O) groups is 5. The van der Waals surface area contributed by atoms with Gasteiger partial charge in [0.05, 0.1) is 29.8 Å². The summed E-state index contributed by atoms with van der Waals surface area (Å²) in [6.45, 7) is 4.84. The fourth-order valence-corrected chi connectivity index (χ4v) is 5.48. The van der Waals surface area contributed by atoms with E-state index in [0.29, 0.717) is 22.3 Å². The van der Waals surface area contributed by atoms with Gasteiger partial charge in [0, 0.05) is 18.7 Å². The molecule has 0 heterocycles. The van der Waals surface area contributed by atoms with Crippen molar-refractivity contribution in [3.8, 4) is 11.1 Å². The maximum Gasteiger partial charge on any atom is 0.416 e. The van der Waals surface area contributed by atoms with Gasteiger partial charge in [0.25, 0.3) is 5.91 Å². The molecule has 52 heavy (non-hydrogen) atoms. The molecule has 3 amide bonds. The third-order valence-electron chi connectivity index (χ3n) is 8.04. The lowest BCUT2D eigenvalue weighted by atomic mass is 9.79. The molecule has 0 unspecified atom stereocenters. The van der Waals surface area contributed by atoms with E-state index in [2.05, 4.69) is 16.0 Å². The number of halogens is 3. The molecule has 4 aromatic carbocycles. The zero-order valence-corrected chi connectivity index (χ0v) is 28.8. The standard InChI is InChI=1S/C39H38F3N3O7/c1-4-43-36(49)38(37(50)44-5-2,27-12-8-7-9-13-27)24-52-33(46)23-25-16-21-32(31(22-25)35(48)51-6-3)45-34(47)30-15-11-10-14-29(30)26-17-19-28(20-18-26)39(40,41)42/h7-22H,4-6,23-24H2,1-3H3,(H,43,49)(H,44,50)(H,45,47). The van der Waals surface area contributed by atoms with Crippen LogP contribution in [0.3, 0.4) is 0 Å². The summed E-state index contributed by atoms with van der Waals surface area (Å²) >= 11 is 0. The zero-order chi connectivity index (χ0) is 37.9. The van der Waals surface area contributed by atoms with E-state index in [9.17, 15) is 37.1 Å². The molecule has 4 rings (SSSR count). The molecule has 3 N–H and O–H groups in total. The van der Waals surface area contributed by atoms with Crippen molar-refractivity contribution < 1.29 is 46.6 Å². The SMILES string of the molecule is CCNC(=O)C(COC(=O)Cc1ccc(NC(=O)c2ccccc2-c2ccc(C(F)(F)F)cc2)c(C(=O)OCC)c1)(C(=O)NCC)c1ccccc1. The fraction of sp³-hybridized carbons (Fsp3) is 0.256. The molecule has 0 spiro atoms. The van der Waals surface area contributed by atoms with E-state index in [1.165, 1.54) is 36.4 Å². The lowest BCUT2D eigenvalue weighted by molar-refractivity contribution is -0.150. The van der Waals surface area contributed by atoms with Gasteiger partial charge in [0.15, 0.2) is 5.41 Å². The normalized spacial score (nSPS) is 11.3. The Labute approximate surface area is 298 Å². The average molecular weight is 718 g/mol. The molecular weight excluding hydrogens is 679 g/mol. The molecule has 0 fully saturated rings. The molecule has 0 radical (unpaired) electrons. The van der Waals surface area contributed by atoms with Gasteiger partial charge in [-0.2, -0.15) is 13.2 Å². The number of nitrogens with one attached hydrogen (secondary N) is 3. The molecule has 0 atom stereocenters. The van der Waals surface area contributed by atoms with Crippen LogP contribution in [0.4, 0.5) is 18.9 Å². The Morgan fingerprint density at radius 3 is 1.88 bits per heavy atom. The lowest BCUT2D eigenvalue weighted by Crippen LogP contribution is -2.57. The number of alkyl halides is 3. The zero-order valence-electron chi connectivity index (χ0n) is 28.8. The van der Waals surface area contributed by atoms with E-state index in [0.717, 1.165) is 12.1 Å². The molecule has 272 valence electrons. The highest BCUT2D eigenvalue weighted by molar-refractivity contribution is 6.12. The molecule has 0 aliphatic carbocycles. The van der Waals surface area contributed by atoms with Crippen LogP contribution in [0.2, 0.25) is 0 Å². The predicted molar refractivity (Wildman–Crippen MR) is 187 cm³/mol. The van der Waals surface area contributed by atoms with E-state index in [1.54, 1.807) is 69.3 Å². The lowest BCUT2D eigenvalue weighted by Gasteiger charge is -2.31.